The molecule has 1 unspecified atom stereocenters. The molecule has 0 aliphatic carbocycles. The minimum Gasteiger partial charge on any atom is -0.443 e. The molecule has 0 fully saturated rings. The predicted octanol–water partition coefficient (Wildman–Crippen LogP) is 1.61. The first-order chi connectivity index (χ1) is 7.16. The quantitative estimate of drug-likeness (QED) is 0.827. The van der Waals surface area contributed by atoms with Gasteiger partial charge in [-0.25, -0.2) is 4.98 Å². The smallest absolute Gasteiger partial charge is 0.181 e. The Morgan fingerprint density at radius 2 is 2.33 bits per heavy atom. The van der Waals surface area contributed by atoms with Crippen molar-refractivity contribution in [3.05, 3.63) is 24.6 Å². The molecule has 0 saturated carbocycles. The average molecular weight is 205 g/mol. The molecule has 80 valence electrons. The van der Waals surface area contributed by atoms with Crippen LogP contribution >= 0.6 is 0 Å². The number of anilines is 1. The van der Waals surface area contributed by atoms with Crippen LogP contribution in [-0.4, -0.2) is 24.6 Å². The maximum absolute atomic E-state index is 5.75. The predicted molar refractivity (Wildman–Crippen MR) is 60.9 cm³/mol. The van der Waals surface area contributed by atoms with Gasteiger partial charge in [-0.1, -0.05) is 0 Å². The van der Waals surface area contributed by atoms with E-state index in [0.29, 0.717) is 0 Å². The lowest BCUT2D eigenvalue weighted by molar-refractivity contribution is 0.602. The first-order valence-electron chi connectivity index (χ1n) is 4.97. The van der Waals surface area contributed by atoms with Crippen molar-refractivity contribution in [2.45, 2.75) is 13.0 Å². The molecule has 0 amide bonds. The summed E-state index contributed by atoms with van der Waals surface area (Å²) in [6, 6.07) is 6.10. The van der Waals surface area contributed by atoms with Crippen LogP contribution in [0.2, 0.25) is 0 Å². The van der Waals surface area contributed by atoms with Crippen molar-refractivity contribution in [1.82, 2.24) is 4.98 Å². The van der Waals surface area contributed by atoms with Crippen molar-refractivity contribution in [3.8, 4) is 0 Å². The highest BCUT2D eigenvalue weighted by molar-refractivity contribution is 5.76. The molecule has 0 aliphatic rings. The second-order valence-corrected chi connectivity index (χ2v) is 3.86. The lowest BCUT2D eigenvalue weighted by Crippen LogP contribution is -2.32. The Bertz CT molecular complexity index is 450. The Morgan fingerprint density at radius 3 is 3.07 bits per heavy atom. The summed E-state index contributed by atoms with van der Waals surface area (Å²) in [5.74, 6) is 0. The molecule has 15 heavy (non-hydrogen) atoms. The summed E-state index contributed by atoms with van der Waals surface area (Å²) in [6.45, 7) is 2.81. The standard InChI is InChI=1S/C11H15N3O/c1-8(12)6-14(2)9-3-4-10-11(5-9)15-7-13-10/h3-5,7-8H,6,12H2,1-2H3. The maximum atomic E-state index is 5.75. The summed E-state index contributed by atoms with van der Waals surface area (Å²) in [7, 11) is 2.01. The van der Waals surface area contributed by atoms with Crippen LogP contribution in [0.15, 0.2) is 29.0 Å². The number of hydrogen-bond acceptors (Lipinski definition) is 4. The number of benzene rings is 1. The highest BCUT2D eigenvalue weighted by atomic mass is 16.3. The highest BCUT2D eigenvalue weighted by Crippen LogP contribution is 2.20. The Kier molecular flexibility index (Phi) is 2.60. The molecular weight excluding hydrogens is 190 g/mol. The maximum Gasteiger partial charge on any atom is 0.181 e. The molecule has 1 aromatic heterocycles. The van der Waals surface area contributed by atoms with Gasteiger partial charge in [-0.05, 0) is 19.1 Å². The molecule has 2 rings (SSSR count). The number of nitrogens with zero attached hydrogens (tertiary/aromatic N) is 2. The zero-order valence-electron chi connectivity index (χ0n) is 8.97. The van der Waals surface area contributed by atoms with E-state index in [0.717, 1.165) is 23.3 Å². The molecule has 4 heteroatoms. The van der Waals surface area contributed by atoms with Gasteiger partial charge in [-0.2, -0.15) is 0 Å². The monoisotopic (exact) mass is 205 g/mol. The van der Waals surface area contributed by atoms with Gasteiger partial charge >= 0.3 is 0 Å². The molecule has 1 atom stereocenters. The summed E-state index contributed by atoms with van der Waals surface area (Å²) >= 11 is 0. The minimum atomic E-state index is 0.153. The van der Waals surface area contributed by atoms with Gasteiger partial charge < -0.3 is 15.1 Å². The first kappa shape index (κ1) is 9.98. The van der Waals surface area contributed by atoms with E-state index in [9.17, 15) is 0 Å². The zero-order valence-corrected chi connectivity index (χ0v) is 8.97. The number of aromatic nitrogens is 1. The van der Waals surface area contributed by atoms with Gasteiger partial charge in [0.15, 0.2) is 12.0 Å². The lowest BCUT2D eigenvalue weighted by atomic mass is 10.2. The first-order valence-corrected chi connectivity index (χ1v) is 4.97. The van der Waals surface area contributed by atoms with Crippen LogP contribution in [0.5, 0.6) is 0 Å². The van der Waals surface area contributed by atoms with E-state index in [2.05, 4.69) is 9.88 Å². The number of likely N-dealkylation sites (N-methyl/N-ethyl adjacent to an activating group) is 1. The fraction of sp³-hybridized carbons (Fsp3) is 0.364. The topological polar surface area (TPSA) is 55.3 Å². The van der Waals surface area contributed by atoms with Crippen molar-refractivity contribution in [3.63, 3.8) is 0 Å². The number of fused-ring (bicyclic) bond motifs is 1. The molecule has 4 nitrogen and oxygen atoms in total. The van der Waals surface area contributed by atoms with Gasteiger partial charge in [-0.3, -0.25) is 0 Å². The van der Waals surface area contributed by atoms with Crippen molar-refractivity contribution >= 4 is 16.8 Å². The number of nitrogens with two attached hydrogens (primary N) is 1. The molecule has 0 spiro atoms. The number of rotatable bonds is 3. The van der Waals surface area contributed by atoms with Gasteiger partial charge in [0.25, 0.3) is 0 Å². The Morgan fingerprint density at radius 1 is 1.53 bits per heavy atom. The van der Waals surface area contributed by atoms with Crippen LogP contribution in [0.25, 0.3) is 11.1 Å². The zero-order chi connectivity index (χ0) is 10.8. The van der Waals surface area contributed by atoms with Crippen molar-refractivity contribution in [2.24, 2.45) is 5.73 Å². The van der Waals surface area contributed by atoms with Crippen LogP contribution in [0.1, 0.15) is 6.92 Å². The largest absolute Gasteiger partial charge is 0.443 e. The normalized spacial score (nSPS) is 13.0. The molecule has 2 aromatic rings. The minimum absolute atomic E-state index is 0.153. The third-order valence-corrected chi connectivity index (χ3v) is 2.32. The van der Waals surface area contributed by atoms with E-state index in [1.165, 1.54) is 6.39 Å². The van der Waals surface area contributed by atoms with Crippen LogP contribution in [0.4, 0.5) is 5.69 Å². The second-order valence-electron chi connectivity index (χ2n) is 3.86. The third kappa shape index (κ3) is 2.10. The van der Waals surface area contributed by atoms with Gasteiger partial charge in [0, 0.05) is 31.4 Å². The van der Waals surface area contributed by atoms with Crippen molar-refractivity contribution < 1.29 is 4.42 Å². The van der Waals surface area contributed by atoms with E-state index in [-0.39, 0.29) is 6.04 Å². The second kappa shape index (κ2) is 3.90. The van der Waals surface area contributed by atoms with Crippen LogP contribution in [-0.2, 0) is 0 Å². The fourth-order valence-electron chi connectivity index (χ4n) is 1.62. The van der Waals surface area contributed by atoms with Gasteiger partial charge in [0.1, 0.15) is 5.52 Å². The molecule has 0 radical (unpaired) electrons. The molecule has 0 aliphatic heterocycles. The molecule has 1 aromatic carbocycles. The SMILES string of the molecule is CC(N)CN(C)c1ccc2ncoc2c1. The third-order valence-electron chi connectivity index (χ3n) is 2.32. The van der Waals surface area contributed by atoms with Crippen LogP contribution in [0.3, 0.4) is 0 Å². The van der Waals surface area contributed by atoms with E-state index >= 15 is 0 Å². The molecular formula is C11H15N3O. The number of oxazole rings is 1. The fourth-order valence-corrected chi connectivity index (χ4v) is 1.62. The van der Waals surface area contributed by atoms with Gasteiger partial charge in [0.05, 0.1) is 0 Å². The molecule has 2 N–H and O–H groups in total. The summed E-state index contributed by atoms with van der Waals surface area (Å²) < 4.78 is 5.24. The highest BCUT2D eigenvalue weighted by Gasteiger charge is 2.06. The van der Waals surface area contributed by atoms with Crippen LogP contribution < -0.4 is 10.6 Å². The molecule has 0 bridgehead atoms. The van der Waals surface area contributed by atoms with E-state index in [4.69, 9.17) is 10.2 Å². The van der Waals surface area contributed by atoms with Gasteiger partial charge in [-0.15, -0.1) is 0 Å². The Labute approximate surface area is 88.7 Å². The summed E-state index contributed by atoms with van der Waals surface area (Å²) in [5.41, 5.74) is 8.53. The Balaban J connectivity index is 2.27. The molecule has 1 heterocycles. The molecule has 0 saturated heterocycles. The number of hydrogen-bond donors (Lipinski definition) is 1. The summed E-state index contributed by atoms with van der Waals surface area (Å²) in [5, 5.41) is 0. The van der Waals surface area contributed by atoms with E-state index < -0.39 is 0 Å². The van der Waals surface area contributed by atoms with Gasteiger partial charge in [0.2, 0.25) is 0 Å². The van der Waals surface area contributed by atoms with E-state index in [1.807, 2.05) is 32.2 Å². The lowest BCUT2D eigenvalue weighted by Gasteiger charge is -2.21. The Hall–Kier alpha value is -1.55. The summed E-state index contributed by atoms with van der Waals surface area (Å²) in [6.07, 6.45) is 1.46. The van der Waals surface area contributed by atoms with Crippen molar-refractivity contribution in [2.75, 3.05) is 18.5 Å². The van der Waals surface area contributed by atoms with E-state index in [1.54, 1.807) is 0 Å². The van der Waals surface area contributed by atoms with Crippen molar-refractivity contribution in [1.29, 1.82) is 0 Å². The van der Waals surface area contributed by atoms with Crippen LogP contribution in [0, 0.1) is 0 Å². The average Bonchev–Trinajstić information content (AvgIpc) is 2.62. The summed E-state index contributed by atoms with van der Waals surface area (Å²) in [4.78, 5) is 6.17.